The van der Waals surface area contributed by atoms with Gasteiger partial charge in [-0.05, 0) is 55.8 Å². The van der Waals surface area contributed by atoms with Gasteiger partial charge >= 0.3 is 0 Å². The summed E-state index contributed by atoms with van der Waals surface area (Å²) in [4.78, 5) is 16.4. The normalized spacial score (nSPS) is 11.3. The number of halogens is 2. The van der Waals surface area contributed by atoms with Gasteiger partial charge in [0.2, 0.25) is 0 Å². The molecule has 0 spiro atoms. The van der Waals surface area contributed by atoms with E-state index in [2.05, 4.69) is 4.98 Å². The van der Waals surface area contributed by atoms with E-state index < -0.39 is 11.6 Å². The molecule has 1 aromatic carbocycles. The number of nitrogens with zero attached hydrogens (tertiary/aromatic N) is 2. The van der Waals surface area contributed by atoms with Crippen molar-refractivity contribution in [1.29, 1.82) is 0 Å². The van der Waals surface area contributed by atoms with E-state index in [9.17, 15) is 13.6 Å². The SMILES string of the molecule is Cc1cc(/C=C/C(=O)c2ccc(F)c(F)c2)c(C)n1-c1nccs1. The van der Waals surface area contributed by atoms with Crippen molar-refractivity contribution in [3.63, 3.8) is 0 Å². The molecule has 0 aliphatic rings. The van der Waals surface area contributed by atoms with Gasteiger partial charge in [-0.3, -0.25) is 9.36 Å². The number of aryl methyl sites for hydroxylation is 1. The first-order chi connectivity index (χ1) is 11.5. The minimum absolute atomic E-state index is 0.110. The molecule has 0 radical (unpaired) electrons. The van der Waals surface area contributed by atoms with E-state index in [1.807, 2.05) is 29.9 Å². The molecule has 6 heteroatoms. The summed E-state index contributed by atoms with van der Waals surface area (Å²) in [5.74, 6) is -2.38. The number of hydrogen-bond acceptors (Lipinski definition) is 3. The Morgan fingerprint density at radius 2 is 2.00 bits per heavy atom. The molecule has 2 heterocycles. The number of aromatic nitrogens is 2. The Morgan fingerprint density at radius 1 is 1.21 bits per heavy atom. The molecule has 0 fully saturated rings. The molecule has 0 N–H and O–H groups in total. The van der Waals surface area contributed by atoms with Gasteiger partial charge in [-0.15, -0.1) is 11.3 Å². The average Bonchev–Trinajstić information content (AvgIpc) is 3.16. The predicted molar refractivity (Wildman–Crippen MR) is 90.6 cm³/mol. The topological polar surface area (TPSA) is 34.9 Å². The predicted octanol–water partition coefficient (Wildman–Crippen LogP) is 4.72. The van der Waals surface area contributed by atoms with Crippen LogP contribution in [0.4, 0.5) is 8.78 Å². The van der Waals surface area contributed by atoms with Crippen LogP contribution in [0.2, 0.25) is 0 Å². The Kier molecular flexibility index (Phi) is 4.40. The highest BCUT2D eigenvalue weighted by molar-refractivity contribution is 7.12. The summed E-state index contributed by atoms with van der Waals surface area (Å²) < 4.78 is 28.2. The van der Waals surface area contributed by atoms with Crippen LogP contribution >= 0.6 is 11.3 Å². The first-order valence-corrected chi connectivity index (χ1v) is 8.11. The maximum atomic E-state index is 13.2. The van der Waals surface area contributed by atoms with Gasteiger partial charge in [0.05, 0.1) is 0 Å². The van der Waals surface area contributed by atoms with E-state index in [-0.39, 0.29) is 11.3 Å². The highest BCUT2D eigenvalue weighted by Gasteiger charge is 2.11. The fraction of sp³-hybridized carbons (Fsp3) is 0.111. The first kappa shape index (κ1) is 16.3. The zero-order chi connectivity index (χ0) is 17.3. The Morgan fingerprint density at radius 3 is 2.67 bits per heavy atom. The van der Waals surface area contributed by atoms with Crippen molar-refractivity contribution in [2.75, 3.05) is 0 Å². The maximum absolute atomic E-state index is 13.2. The van der Waals surface area contributed by atoms with Crippen LogP contribution in [0.25, 0.3) is 11.2 Å². The molecule has 0 atom stereocenters. The van der Waals surface area contributed by atoms with Crippen LogP contribution in [0.5, 0.6) is 0 Å². The minimum atomic E-state index is -1.03. The van der Waals surface area contributed by atoms with Crippen LogP contribution in [0.15, 0.2) is 41.9 Å². The largest absolute Gasteiger partial charge is 0.294 e. The van der Waals surface area contributed by atoms with Gasteiger partial charge in [-0.1, -0.05) is 0 Å². The van der Waals surface area contributed by atoms with E-state index in [1.165, 1.54) is 23.5 Å². The summed E-state index contributed by atoms with van der Waals surface area (Å²) in [6, 6.07) is 5.07. The number of allylic oxidation sites excluding steroid dienone is 1. The number of benzene rings is 1. The maximum Gasteiger partial charge on any atom is 0.193 e. The summed E-state index contributed by atoms with van der Waals surface area (Å²) in [5.41, 5.74) is 2.94. The Balaban J connectivity index is 1.88. The molecular formula is C18H14F2N2OS. The number of thiazole rings is 1. The molecule has 0 bridgehead atoms. The van der Waals surface area contributed by atoms with Crippen LogP contribution in [0.3, 0.4) is 0 Å². The quantitative estimate of drug-likeness (QED) is 0.507. The lowest BCUT2D eigenvalue weighted by Crippen LogP contribution is -1.98. The molecule has 2 aromatic heterocycles. The van der Waals surface area contributed by atoms with E-state index in [0.29, 0.717) is 0 Å². The molecule has 0 saturated carbocycles. The van der Waals surface area contributed by atoms with E-state index >= 15 is 0 Å². The molecule has 3 rings (SSSR count). The monoisotopic (exact) mass is 344 g/mol. The third-order valence-electron chi connectivity index (χ3n) is 3.70. The molecule has 0 saturated heterocycles. The van der Waals surface area contributed by atoms with E-state index in [4.69, 9.17) is 0 Å². The van der Waals surface area contributed by atoms with Gasteiger partial charge in [-0.2, -0.15) is 0 Å². The van der Waals surface area contributed by atoms with Crippen LogP contribution in [0, 0.1) is 25.5 Å². The van der Waals surface area contributed by atoms with Gasteiger partial charge in [0.1, 0.15) is 0 Å². The summed E-state index contributed by atoms with van der Waals surface area (Å²) in [6.07, 6.45) is 4.78. The summed E-state index contributed by atoms with van der Waals surface area (Å²) in [5, 5.41) is 2.76. The van der Waals surface area contributed by atoms with Crippen LogP contribution in [0.1, 0.15) is 27.3 Å². The fourth-order valence-electron chi connectivity index (χ4n) is 2.49. The summed E-state index contributed by atoms with van der Waals surface area (Å²) in [7, 11) is 0. The fourth-order valence-corrected chi connectivity index (χ4v) is 3.24. The van der Waals surface area contributed by atoms with Crippen molar-refractivity contribution in [2.45, 2.75) is 13.8 Å². The highest BCUT2D eigenvalue weighted by atomic mass is 32.1. The standard InChI is InChI=1S/C18H14F2N2OS/c1-11-9-13(12(2)22(11)18-21-7-8-24-18)4-6-17(23)14-3-5-15(19)16(20)10-14/h3-10H,1-2H3/b6-4+. The zero-order valence-electron chi connectivity index (χ0n) is 13.1. The van der Waals surface area contributed by atoms with Crippen molar-refractivity contribution in [3.8, 4) is 5.13 Å². The van der Waals surface area contributed by atoms with Crippen LogP contribution in [-0.2, 0) is 0 Å². The highest BCUT2D eigenvalue weighted by Crippen LogP contribution is 2.23. The molecule has 3 nitrogen and oxygen atoms in total. The lowest BCUT2D eigenvalue weighted by molar-refractivity contribution is 0.104. The molecule has 0 aliphatic carbocycles. The molecule has 3 aromatic rings. The third kappa shape index (κ3) is 3.05. The van der Waals surface area contributed by atoms with Gasteiger partial charge in [0.15, 0.2) is 22.5 Å². The van der Waals surface area contributed by atoms with Gasteiger partial charge < -0.3 is 0 Å². The number of carbonyl (C=O) groups is 1. The molecule has 24 heavy (non-hydrogen) atoms. The van der Waals surface area contributed by atoms with Crippen molar-refractivity contribution in [2.24, 2.45) is 0 Å². The van der Waals surface area contributed by atoms with E-state index in [0.717, 1.165) is 34.2 Å². The average molecular weight is 344 g/mol. The van der Waals surface area contributed by atoms with E-state index in [1.54, 1.807) is 12.3 Å². The molecular weight excluding hydrogens is 330 g/mol. The number of rotatable bonds is 4. The number of carbonyl (C=O) groups excluding carboxylic acids is 1. The van der Waals surface area contributed by atoms with Crippen molar-refractivity contribution in [3.05, 3.63) is 76.1 Å². The van der Waals surface area contributed by atoms with Crippen molar-refractivity contribution < 1.29 is 13.6 Å². The lowest BCUT2D eigenvalue weighted by Gasteiger charge is -2.04. The first-order valence-electron chi connectivity index (χ1n) is 7.23. The third-order valence-corrected chi connectivity index (χ3v) is 4.46. The molecule has 0 amide bonds. The second kappa shape index (κ2) is 6.49. The minimum Gasteiger partial charge on any atom is -0.294 e. The second-order valence-electron chi connectivity index (χ2n) is 5.30. The zero-order valence-corrected chi connectivity index (χ0v) is 13.9. The van der Waals surface area contributed by atoms with Gasteiger partial charge in [0, 0.05) is 28.5 Å². The van der Waals surface area contributed by atoms with Crippen molar-refractivity contribution in [1.82, 2.24) is 9.55 Å². The van der Waals surface area contributed by atoms with Crippen molar-refractivity contribution >= 4 is 23.2 Å². The lowest BCUT2D eigenvalue weighted by atomic mass is 10.1. The van der Waals surface area contributed by atoms with Gasteiger partial charge in [-0.25, -0.2) is 13.8 Å². The molecule has 0 unspecified atom stereocenters. The Hall–Kier alpha value is -2.60. The molecule has 0 aliphatic heterocycles. The Labute approximate surface area is 141 Å². The second-order valence-corrected chi connectivity index (χ2v) is 6.18. The van der Waals surface area contributed by atoms with Crippen LogP contribution < -0.4 is 0 Å². The molecule has 122 valence electrons. The summed E-state index contributed by atoms with van der Waals surface area (Å²) in [6.45, 7) is 3.90. The number of ketones is 1. The number of hydrogen-bond donors (Lipinski definition) is 0. The van der Waals surface area contributed by atoms with Gasteiger partial charge in [0.25, 0.3) is 0 Å². The summed E-state index contributed by atoms with van der Waals surface area (Å²) >= 11 is 1.53. The smallest absolute Gasteiger partial charge is 0.193 e. The van der Waals surface area contributed by atoms with Crippen LogP contribution in [-0.4, -0.2) is 15.3 Å². The Bertz CT molecular complexity index is 927.